The Balaban J connectivity index is 2.55. The molecule has 106 valence electrons. The van der Waals surface area contributed by atoms with E-state index in [0.717, 1.165) is 23.9 Å². The lowest BCUT2D eigenvalue weighted by molar-refractivity contribution is -0.121. The molecule has 0 aliphatic heterocycles. The molecular weight excluding hydrogens is 320 g/mol. The van der Waals surface area contributed by atoms with Crippen LogP contribution in [0.3, 0.4) is 0 Å². The highest BCUT2D eigenvalue weighted by atomic mass is 79.9. The molecule has 6 heteroatoms. The lowest BCUT2D eigenvalue weighted by atomic mass is 10.1. The van der Waals surface area contributed by atoms with Crippen LogP contribution in [-0.4, -0.2) is 31.0 Å². The van der Waals surface area contributed by atoms with Crippen LogP contribution < -0.4 is 5.32 Å². The highest BCUT2D eigenvalue weighted by Gasteiger charge is 2.13. The third-order valence-corrected chi connectivity index (χ3v) is 3.00. The molecular formula is C13H16BrF2NO2. The molecule has 0 spiro atoms. The second-order valence-corrected chi connectivity index (χ2v) is 4.92. The van der Waals surface area contributed by atoms with E-state index in [1.54, 1.807) is 7.11 Å². The molecule has 1 unspecified atom stereocenters. The van der Waals surface area contributed by atoms with Gasteiger partial charge in [-0.1, -0.05) is 22.0 Å². The van der Waals surface area contributed by atoms with Crippen LogP contribution in [0.5, 0.6) is 0 Å². The van der Waals surface area contributed by atoms with Crippen molar-refractivity contribution >= 4 is 21.8 Å². The number of carbonyl (C=O) groups excluding carboxylic acids is 1. The van der Waals surface area contributed by atoms with Crippen LogP contribution in [0.25, 0.3) is 0 Å². The minimum Gasteiger partial charge on any atom is -0.383 e. The third-order valence-electron chi connectivity index (χ3n) is 2.54. The Bertz CT molecular complexity index is 423. The lowest BCUT2D eigenvalue weighted by Gasteiger charge is -2.16. The fourth-order valence-corrected chi connectivity index (χ4v) is 2.20. The van der Waals surface area contributed by atoms with Crippen LogP contribution in [0, 0.1) is 11.6 Å². The quantitative estimate of drug-likeness (QED) is 0.777. The average Bonchev–Trinajstić information content (AvgIpc) is 2.34. The van der Waals surface area contributed by atoms with Gasteiger partial charge in [0.15, 0.2) is 11.6 Å². The van der Waals surface area contributed by atoms with Gasteiger partial charge < -0.3 is 10.1 Å². The normalized spacial score (nSPS) is 12.2. The Kier molecular flexibility index (Phi) is 6.94. The topological polar surface area (TPSA) is 38.3 Å². The summed E-state index contributed by atoms with van der Waals surface area (Å²) in [6.45, 7) is 0.412. The van der Waals surface area contributed by atoms with Gasteiger partial charge in [-0.3, -0.25) is 4.79 Å². The van der Waals surface area contributed by atoms with Crippen molar-refractivity contribution in [1.82, 2.24) is 5.32 Å². The first kappa shape index (κ1) is 16.0. The maximum atomic E-state index is 13.0. The van der Waals surface area contributed by atoms with Crippen molar-refractivity contribution in [2.45, 2.75) is 18.9 Å². The molecule has 1 aromatic rings. The Morgan fingerprint density at radius 1 is 1.42 bits per heavy atom. The first-order chi connectivity index (χ1) is 9.06. The first-order valence-electron chi connectivity index (χ1n) is 5.85. The van der Waals surface area contributed by atoms with Crippen LogP contribution in [0.4, 0.5) is 8.78 Å². The molecule has 3 nitrogen and oxygen atoms in total. The smallest absolute Gasteiger partial charge is 0.224 e. The van der Waals surface area contributed by atoms with Gasteiger partial charge in [0.25, 0.3) is 0 Å². The summed E-state index contributed by atoms with van der Waals surface area (Å²) in [7, 11) is 1.56. The van der Waals surface area contributed by atoms with Gasteiger partial charge in [0, 0.05) is 12.4 Å². The maximum absolute atomic E-state index is 13.0. The Morgan fingerprint density at radius 2 is 2.16 bits per heavy atom. The Hall–Kier alpha value is -1.01. The molecule has 0 aliphatic carbocycles. The minimum atomic E-state index is -0.945. The summed E-state index contributed by atoms with van der Waals surface area (Å²) in [6, 6.07) is 3.35. The molecule has 1 rings (SSSR count). The largest absolute Gasteiger partial charge is 0.383 e. The van der Waals surface area contributed by atoms with Gasteiger partial charge in [-0.2, -0.15) is 0 Å². The fourth-order valence-electron chi connectivity index (χ4n) is 1.64. The average molecular weight is 336 g/mol. The third kappa shape index (κ3) is 5.65. The summed E-state index contributed by atoms with van der Waals surface area (Å²) in [5, 5.41) is 3.53. The highest BCUT2D eigenvalue weighted by Crippen LogP contribution is 2.09. The molecule has 0 saturated heterocycles. The lowest BCUT2D eigenvalue weighted by Crippen LogP contribution is -2.39. The number of hydrogen-bond acceptors (Lipinski definition) is 2. The second kappa shape index (κ2) is 8.22. The van der Waals surface area contributed by atoms with Crippen LogP contribution >= 0.6 is 15.9 Å². The first-order valence-corrected chi connectivity index (χ1v) is 6.97. The molecule has 0 heterocycles. The highest BCUT2D eigenvalue weighted by molar-refractivity contribution is 9.09. The summed E-state index contributed by atoms with van der Waals surface area (Å²) in [5.41, 5.74) is 0.436. The molecule has 1 N–H and O–H groups in total. The van der Waals surface area contributed by atoms with Gasteiger partial charge in [-0.25, -0.2) is 8.78 Å². The zero-order valence-electron chi connectivity index (χ0n) is 10.6. The number of rotatable bonds is 7. The number of carbonyl (C=O) groups is 1. The van der Waals surface area contributed by atoms with Gasteiger partial charge in [-0.15, -0.1) is 0 Å². The van der Waals surface area contributed by atoms with E-state index in [1.165, 1.54) is 6.07 Å². The van der Waals surface area contributed by atoms with Crippen molar-refractivity contribution in [2.24, 2.45) is 0 Å². The van der Waals surface area contributed by atoms with Gasteiger partial charge in [0.1, 0.15) is 0 Å². The van der Waals surface area contributed by atoms with E-state index in [0.29, 0.717) is 12.2 Å². The number of amides is 1. The molecule has 0 radical (unpaired) electrons. The predicted molar refractivity (Wildman–Crippen MR) is 72.3 cm³/mol. The number of halogens is 3. The van der Waals surface area contributed by atoms with E-state index in [-0.39, 0.29) is 18.4 Å². The molecule has 1 amide bonds. The number of methoxy groups -OCH3 is 1. The van der Waals surface area contributed by atoms with Crippen LogP contribution in [-0.2, 0) is 16.0 Å². The van der Waals surface area contributed by atoms with Gasteiger partial charge in [-0.05, 0) is 24.1 Å². The SMILES string of the molecule is COCC(CCBr)NC(=O)Cc1ccc(F)c(F)c1. The van der Waals surface area contributed by atoms with E-state index < -0.39 is 11.6 Å². The number of nitrogens with one attached hydrogen (secondary N) is 1. The Morgan fingerprint density at radius 3 is 2.74 bits per heavy atom. The molecule has 1 atom stereocenters. The van der Waals surface area contributed by atoms with Crippen molar-refractivity contribution in [2.75, 3.05) is 19.0 Å². The predicted octanol–water partition coefficient (Wildman–Crippen LogP) is 2.42. The summed E-state index contributed by atoms with van der Waals surface area (Å²) in [6.07, 6.45) is 0.747. The van der Waals surface area contributed by atoms with Crippen LogP contribution in [0.2, 0.25) is 0 Å². The second-order valence-electron chi connectivity index (χ2n) is 4.12. The van der Waals surface area contributed by atoms with Gasteiger partial charge in [0.05, 0.1) is 19.1 Å². The summed E-state index contributed by atoms with van der Waals surface area (Å²) in [4.78, 5) is 11.8. The molecule has 0 aromatic heterocycles. The van der Waals surface area contributed by atoms with E-state index in [1.807, 2.05) is 0 Å². The molecule has 1 aromatic carbocycles. The Labute approximate surface area is 119 Å². The zero-order valence-corrected chi connectivity index (χ0v) is 12.2. The minimum absolute atomic E-state index is 0.0136. The number of alkyl halides is 1. The zero-order chi connectivity index (χ0) is 14.3. The van der Waals surface area contributed by atoms with Crippen molar-refractivity contribution in [3.63, 3.8) is 0 Å². The van der Waals surface area contributed by atoms with E-state index in [2.05, 4.69) is 21.2 Å². The molecule has 0 bridgehead atoms. The van der Waals surface area contributed by atoms with E-state index in [9.17, 15) is 13.6 Å². The van der Waals surface area contributed by atoms with Crippen molar-refractivity contribution in [1.29, 1.82) is 0 Å². The number of benzene rings is 1. The monoisotopic (exact) mass is 335 g/mol. The standard InChI is InChI=1S/C13H16BrF2NO2/c1-19-8-10(4-5-14)17-13(18)7-9-2-3-11(15)12(16)6-9/h2-3,6,10H,4-5,7-8H2,1H3,(H,17,18). The molecule has 0 aliphatic rings. The van der Waals surface area contributed by atoms with Gasteiger partial charge >= 0.3 is 0 Å². The van der Waals surface area contributed by atoms with Crippen LogP contribution in [0.15, 0.2) is 18.2 Å². The maximum Gasteiger partial charge on any atom is 0.224 e. The van der Waals surface area contributed by atoms with E-state index in [4.69, 9.17) is 4.74 Å². The van der Waals surface area contributed by atoms with Gasteiger partial charge in [0.2, 0.25) is 5.91 Å². The molecule has 0 fully saturated rings. The number of hydrogen-bond donors (Lipinski definition) is 1. The summed E-state index contributed by atoms with van der Waals surface area (Å²) < 4.78 is 30.7. The van der Waals surface area contributed by atoms with Crippen LogP contribution in [0.1, 0.15) is 12.0 Å². The van der Waals surface area contributed by atoms with E-state index >= 15 is 0 Å². The van der Waals surface area contributed by atoms with Crippen molar-refractivity contribution in [3.05, 3.63) is 35.4 Å². The fraction of sp³-hybridized carbons (Fsp3) is 0.462. The van der Waals surface area contributed by atoms with Crippen molar-refractivity contribution in [3.8, 4) is 0 Å². The molecule has 0 saturated carbocycles. The van der Waals surface area contributed by atoms with Crippen molar-refractivity contribution < 1.29 is 18.3 Å². The number of ether oxygens (including phenoxy) is 1. The molecule has 19 heavy (non-hydrogen) atoms. The summed E-state index contributed by atoms with van der Waals surface area (Å²) >= 11 is 3.30. The summed E-state index contributed by atoms with van der Waals surface area (Å²) in [5.74, 6) is -2.10.